The molecule has 0 spiro atoms. The van der Waals surface area contributed by atoms with Gasteiger partial charge in [0.15, 0.2) is 5.96 Å². The standard InChI is InChI=1S/C17H36N4O2/c1-4-9-21-10-7-16(15-21)14-20-17(18-5-2)19-8-6-11-23-13-12-22-3/h16H,4-15H2,1-3H3,(H2,18,19,20). The van der Waals surface area contributed by atoms with Crippen molar-refractivity contribution < 1.29 is 9.47 Å². The number of nitrogens with zero attached hydrogens (tertiary/aromatic N) is 2. The number of hydrogen-bond acceptors (Lipinski definition) is 4. The zero-order valence-corrected chi connectivity index (χ0v) is 15.3. The first-order valence-corrected chi connectivity index (χ1v) is 9.11. The fourth-order valence-electron chi connectivity index (χ4n) is 2.77. The Balaban J connectivity index is 2.17. The lowest BCUT2D eigenvalue weighted by molar-refractivity contribution is 0.0698. The highest BCUT2D eigenvalue weighted by molar-refractivity contribution is 5.79. The second kappa shape index (κ2) is 13.6. The second-order valence-corrected chi connectivity index (χ2v) is 6.06. The Morgan fingerprint density at radius 1 is 1.22 bits per heavy atom. The van der Waals surface area contributed by atoms with Crippen LogP contribution in [0.15, 0.2) is 4.99 Å². The molecular formula is C17H36N4O2. The quantitative estimate of drug-likeness (QED) is 0.321. The van der Waals surface area contributed by atoms with Crippen molar-refractivity contribution in [2.24, 2.45) is 10.9 Å². The van der Waals surface area contributed by atoms with Crippen molar-refractivity contribution in [3.8, 4) is 0 Å². The topological polar surface area (TPSA) is 58.1 Å². The van der Waals surface area contributed by atoms with E-state index in [1.807, 2.05) is 0 Å². The summed E-state index contributed by atoms with van der Waals surface area (Å²) >= 11 is 0. The Bertz CT molecular complexity index is 313. The number of aliphatic imine (C=N–C) groups is 1. The molecule has 136 valence electrons. The SMILES string of the molecule is CCCN1CCC(CN=C(NCC)NCCCOCCOC)C1. The molecule has 0 aliphatic carbocycles. The maximum absolute atomic E-state index is 5.46. The molecule has 1 unspecified atom stereocenters. The van der Waals surface area contributed by atoms with Gasteiger partial charge in [-0.25, -0.2) is 0 Å². The van der Waals surface area contributed by atoms with E-state index in [9.17, 15) is 0 Å². The van der Waals surface area contributed by atoms with Crippen LogP contribution in [-0.2, 0) is 9.47 Å². The van der Waals surface area contributed by atoms with Crippen molar-refractivity contribution in [1.82, 2.24) is 15.5 Å². The van der Waals surface area contributed by atoms with Crippen LogP contribution in [0.25, 0.3) is 0 Å². The van der Waals surface area contributed by atoms with Crippen LogP contribution < -0.4 is 10.6 Å². The summed E-state index contributed by atoms with van der Waals surface area (Å²) < 4.78 is 10.4. The van der Waals surface area contributed by atoms with Crippen LogP contribution in [0.3, 0.4) is 0 Å². The van der Waals surface area contributed by atoms with Crippen molar-refractivity contribution in [2.75, 3.05) is 66.2 Å². The molecule has 0 aromatic carbocycles. The van der Waals surface area contributed by atoms with E-state index in [1.165, 1.54) is 32.5 Å². The fourth-order valence-corrected chi connectivity index (χ4v) is 2.77. The Morgan fingerprint density at radius 2 is 2.09 bits per heavy atom. The summed E-state index contributed by atoms with van der Waals surface area (Å²) in [7, 11) is 1.69. The molecule has 6 heteroatoms. The minimum Gasteiger partial charge on any atom is -0.382 e. The van der Waals surface area contributed by atoms with Crippen molar-refractivity contribution in [3.63, 3.8) is 0 Å². The third-order valence-electron chi connectivity index (χ3n) is 3.95. The summed E-state index contributed by atoms with van der Waals surface area (Å²) in [6.45, 7) is 12.8. The number of nitrogens with one attached hydrogen (secondary N) is 2. The van der Waals surface area contributed by atoms with Gasteiger partial charge in [-0.3, -0.25) is 4.99 Å². The lowest BCUT2D eigenvalue weighted by atomic mass is 10.1. The fraction of sp³-hybridized carbons (Fsp3) is 0.941. The molecule has 1 aliphatic rings. The van der Waals surface area contributed by atoms with E-state index in [2.05, 4.69) is 29.4 Å². The third kappa shape index (κ3) is 9.79. The number of guanidine groups is 1. The Morgan fingerprint density at radius 3 is 2.83 bits per heavy atom. The molecule has 1 rings (SSSR count). The van der Waals surface area contributed by atoms with Gasteiger partial charge < -0.3 is 25.0 Å². The lowest BCUT2D eigenvalue weighted by Crippen LogP contribution is -2.38. The Hall–Kier alpha value is -0.850. The molecule has 0 bridgehead atoms. The number of likely N-dealkylation sites (tertiary alicyclic amines) is 1. The van der Waals surface area contributed by atoms with Gasteiger partial charge in [0, 0.05) is 39.9 Å². The molecule has 2 N–H and O–H groups in total. The Kier molecular flexibility index (Phi) is 11.9. The number of hydrogen-bond donors (Lipinski definition) is 2. The largest absolute Gasteiger partial charge is 0.382 e. The molecule has 1 saturated heterocycles. The maximum Gasteiger partial charge on any atom is 0.191 e. The summed E-state index contributed by atoms with van der Waals surface area (Å²) in [5.41, 5.74) is 0. The van der Waals surface area contributed by atoms with Gasteiger partial charge >= 0.3 is 0 Å². The van der Waals surface area contributed by atoms with Crippen LogP contribution in [0.5, 0.6) is 0 Å². The minimum absolute atomic E-state index is 0.661. The molecule has 0 aromatic heterocycles. The molecule has 23 heavy (non-hydrogen) atoms. The molecule has 0 amide bonds. The number of methoxy groups -OCH3 is 1. The van der Waals surface area contributed by atoms with Crippen LogP contribution in [0.2, 0.25) is 0 Å². The predicted octanol–water partition coefficient (Wildman–Crippen LogP) is 1.33. The van der Waals surface area contributed by atoms with Crippen LogP contribution >= 0.6 is 0 Å². The first-order valence-electron chi connectivity index (χ1n) is 9.11. The molecular weight excluding hydrogens is 292 g/mol. The number of ether oxygens (including phenoxy) is 2. The predicted molar refractivity (Wildman–Crippen MR) is 96.1 cm³/mol. The van der Waals surface area contributed by atoms with E-state index >= 15 is 0 Å². The van der Waals surface area contributed by atoms with Crippen molar-refractivity contribution in [1.29, 1.82) is 0 Å². The molecule has 0 aromatic rings. The molecule has 1 fully saturated rings. The highest BCUT2D eigenvalue weighted by atomic mass is 16.5. The molecule has 1 atom stereocenters. The summed E-state index contributed by atoms with van der Waals surface area (Å²) in [6, 6.07) is 0. The van der Waals surface area contributed by atoms with E-state index in [1.54, 1.807) is 7.11 Å². The molecule has 0 radical (unpaired) electrons. The van der Waals surface area contributed by atoms with Gasteiger partial charge in [-0.15, -0.1) is 0 Å². The van der Waals surface area contributed by atoms with Crippen LogP contribution in [0, 0.1) is 5.92 Å². The van der Waals surface area contributed by atoms with Gasteiger partial charge in [0.2, 0.25) is 0 Å². The monoisotopic (exact) mass is 328 g/mol. The van der Waals surface area contributed by atoms with Gasteiger partial charge in [-0.1, -0.05) is 6.92 Å². The van der Waals surface area contributed by atoms with Gasteiger partial charge in [0.25, 0.3) is 0 Å². The van der Waals surface area contributed by atoms with E-state index in [-0.39, 0.29) is 0 Å². The summed E-state index contributed by atoms with van der Waals surface area (Å²) in [4.78, 5) is 7.30. The summed E-state index contributed by atoms with van der Waals surface area (Å²) in [5, 5.41) is 6.70. The first kappa shape index (κ1) is 20.2. The average molecular weight is 329 g/mol. The first-order chi connectivity index (χ1) is 11.3. The third-order valence-corrected chi connectivity index (χ3v) is 3.95. The van der Waals surface area contributed by atoms with E-state index < -0.39 is 0 Å². The van der Waals surface area contributed by atoms with Gasteiger partial charge in [0.05, 0.1) is 13.2 Å². The number of rotatable bonds is 12. The molecule has 6 nitrogen and oxygen atoms in total. The molecule has 0 saturated carbocycles. The zero-order valence-electron chi connectivity index (χ0n) is 15.3. The Labute approximate surface area is 142 Å². The van der Waals surface area contributed by atoms with E-state index in [0.29, 0.717) is 19.1 Å². The van der Waals surface area contributed by atoms with Crippen molar-refractivity contribution >= 4 is 5.96 Å². The lowest BCUT2D eigenvalue weighted by Gasteiger charge is -2.15. The van der Waals surface area contributed by atoms with Crippen molar-refractivity contribution in [2.45, 2.75) is 33.1 Å². The van der Waals surface area contributed by atoms with E-state index in [4.69, 9.17) is 14.5 Å². The molecule has 1 heterocycles. The van der Waals surface area contributed by atoms with E-state index in [0.717, 1.165) is 38.6 Å². The smallest absolute Gasteiger partial charge is 0.191 e. The zero-order chi connectivity index (χ0) is 16.8. The normalized spacial score (nSPS) is 19.3. The highest BCUT2D eigenvalue weighted by Gasteiger charge is 2.21. The minimum atomic E-state index is 0.661. The molecule has 1 aliphatic heterocycles. The van der Waals surface area contributed by atoms with Crippen molar-refractivity contribution in [3.05, 3.63) is 0 Å². The summed E-state index contributed by atoms with van der Waals surface area (Å²) in [5.74, 6) is 1.63. The summed E-state index contributed by atoms with van der Waals surface area (Å²) in [6.07, 6.45) is 3.49. The maximum atomic E-state index is 5.46. The van der Waals surface area contributed by atoms with Crippen LogP contribution in [-0.4, -0.2) is 77.1 Å². The highest BCUT2D eigenvalue weighted by Crippen LogP contribution is 2.16. The van der Waals surface area contributed by atoms with Gasteiger partial charge in [-0.05, 0) is 45.2 Å². The van der Waals surface area contributed by atoms with Crippen LogP contribution in [0.1, 0.15) is 33.1 Å². The van der Waals surface area contributed by atoms with Gasteiger partial charge in [-0.2, -0.15) is 0 Å². The van der Waals surface area contributed by atoms with Gasteiger partial charge in [0.1, 0.15) is 0 Å². The second-order valence-electron chi connectivity index (χ2n) is 6.06. The van der Waals surface area contributed by atoms with Crippen LogP contribution in [0.4, 0.5) is 0 Å². The average Bonchev–Trinajstić information content (AvgIpc) is 2.99.